The van der Waals surface area contributed by atoms with Crippen LogP contribution in [0.3, 0.4) is 0 Å². The van der Waals surface area contributed by atoms with Gasteiger partial charge in [-0.15, -0.1) is 0 Å². The number of hydrogen-bond acceptors (Lipinski definition) is 2. The number of benzene rings is 1. The zero-order chi connectivity index (χ0) is 13.0. The molecule has 0 atom stereocenters. The summed E-state index contributed by atoms with van der Waals surface area (Å²) in [5, 5.41) is 0. The maximum atomic E-state index is 11.5. The van der Waals surface area contributed by atoms with Crippen LogP contribution in [0.15, 0.2) is 59.9 Å². The van der Waals surface area contributed by atoms with E-state index in [-0.39, 0.29) is 5.78 Å². The Labute approximate surface area is 115 Å². The first-order chi connectivity index (χ1) is 8.70. The van der Waals surface area contributed by atoms with Crippen molar-refractivity contribution >= 4 is 21.7 Å². The summed E-state index contributed by atoms with van der Waals surface area (Å²) in [6.07, 6.45) is 5.15. The van der Waals surface area contributed by atoms with Gasteiger partial charge in [0.1, 0.15) is 0 Å². The Morgan fingerprint density at radius 2 is 2.22 bits per heavy atom. The maximum absolute atomic E-state index is 11.5. The van der Waals surface area contributed by atoms with Gasteiger partial charge in [0, 0.05) is 23.3 Å². The van der Waals surface area contributed by atoms with Gasteiger partial charge in [-0.2, -0.15) is 0 Å². The molecule has 0 N–H and O–H groups in total. The molecule has 1 aromatic carbocycles. The highest BCUT2D eigenvalue weighted by Gasteiger charge is 2.08. The van der Waals surface area contributed by atoms with Gasteiger partial charge < -0.3 is 0 Å². The highest BCUT2D eigenvalue weighted by atomic mass is 79.9. The summed E-state index contributed by atoms with van der Waals surface area (Å²) < 4.78 is 1.01. The lowest BCUT2D eigenvalue weighted by atomic mass is 9.98. The Kier molecular flexibility index (Phi) is 4.05. The third kappa shape index (κ3) is 2.93. The molecule has 0 saturated carbocycles. The number of carbonyl (C=O) groups excluding carboxylic acids is 1. The fourth-order valence-electron chi connectivity index (χ4n) is 1.77. The van der Waals surface area contributed by atoms with Crippen molar-refractivity contribution in [2.45, 2.75) is 6.42 Å². The average molecular weight is 302 g/mol. The molecule has 0 saturated heterocycles. The molecule has 0 aliphatic rings. The molecule has 0 aliphatic carbocycles. The first-order valence-electron chi connectivity index (χ1n) is 5.55. The smallest absolute Gasteiger partial charge is 0.159 e. The van der Waals surface area contributed by atoms with E-state index < -0.39 is 0 Å². The Morgan fingerprint density at radius 1 is 1.39 bits per heavy atom. The van der Waals surface area contributed by atoms with E-state index in [2.05, 4.69) is 27.5 Å². The first kappa shape index (κ1) is 12.7. The first-order valence-corrected chi connectivity index (χ1v) is 6.34. The lowest BCUT2D eigenvalue weighted by Crippen LogP contribution is -2.00. The molecule has 0 unspecified atom stereocenters. The zero-order valence-corrected chi connectivity index (χ0v) is 11.4. The van der Waals surface area contributed by atoms with Gasteiger partial charge in [0.2, 0.25) is 0 Å². The second kappa shape index (κ2) is 5.74. The van der Waals surface area contributed by atoms with E-state index in [9.17, 15) is 4.79 Å². The number of pyridine rings is 1. The second-order valence-corrected chi connectivity index (χ2v) is 4.81. The van der Waals surface area contributed by atoms with Crippen LogP contribution in [0.2, 0.25) is 0 Å². The standard InChI is InChI=1S/C15H12BrNO/c1-2-14(18)9-12-10-17-7-6-15(12)11-4-3-5-13(16)8-11/h2-8,10H,1,9H2. The van der Waals surface area contributed by atoms with E-state index in [1.165, 1.54) is 6.08 Å². The number of hydrogen-bond donors (Lipinski definition) is 0. The topological polar surface area (TPSA) is 30.0 Å². The SMILES string of the molecule is C=CC(=O)Cc1cnccc1-c1cccc(Br)c1. The van der Waals surface area contributed by atoms with Crippen molar-refractivity contribution in [2.24, 2.45) is 0 Å². The van der Waals surface area contributed by atoms with Crippen LogP contribution in [0, 0.1) is 0 Å². The third-order valence-electron chi connectivity index (χ3n) is 2.63. The summed E-state index contributed by atoms with van der Waals surface area (Å²) in [5.74, 6) is -0.000697. The number of aromatic nitrogens is 1. The predicted octanol–water partition coefficient (Wildman–Crippen LogP) is 3.81. The molecule has 90 valence electrons. The minimum absolute atomic E-state index is 0.000697. The van der Waals surface area contributed by atoms with Gasteiger partial charge in [0.25, 0.3) is 0 Å². The van der Waals surface area contributed by atoms with Gasteiger partial charge in [0.05, 0.1) is 0 Å². The van der Waals surface area contributed by atoms with Gasteiger partial charge in [0.15, 0.2) is 5.78 Å². The molecular weight excluding hydrogens is 290 g/mol. The van der Waals surface area contributed by atoms with E-state index in [0.717, 1.165) is 21.2 Å². The lowest BCUT2D eigenvalue weighted by Gasteiger charge is -2.08. The van der Waals surface area contributed by atoms with Crippen molar-refractivity contribution in [2.75, 3.05) is 0 Å². The fourth-order valence-corrected chi connectivity index (χ4v) is 2.16. The van der Waals surface area contributed by atoms with E-state index in [0.29, 0.717) is 6.42 Å². The summed E-state index contributed by atoms with van der Waals surface area (Å²) in [4.78, 5) is 15.6. The van der Waals surface area contributed by atoms with Crippen LogP contribution >= 0.6 is 15.9 Å². The van der Waals surface area contributed by atoms with E-state index >= 15 is 0 Å². The van der Waals surface area contributed by atoms with Crippen molar-refractivity contribution < 1.29 is 4.79 Å². The third-order valence-corrected chi connectivity index (χ3v) is 3.12. The minimum Gasteiger partial charge on any atom is -0.295 e. The Bertz CT molecular complexity index is 593. The summed E-state index contributed by atoms with van der Waals surface area (Å²) in [5.41, 5.74) is 3.01. The Hall–Kier alpha value is -1.74. The number of carbonyl (C=O) groups is 1. The van der Waals surface area contributed by atoms with Crippen molar-refractivity contribution in [3.63, 3.8) is 0 Å². The molecule has 1 aromatic heterocycles. The zero-order valence-electron chi connectivity index (χ0n) is 9.77. The van der Waals surface area contributed by atoms with E-state index in [1.807, 2.05) is 30.3 Å². The van der Waals surface area contributed by atoms with Gasteiger partial charge >= 0.3 is 0 Å². The summed E-state index contributed by atoms with van der Waals surface area (Å²) in [6, 6.07) is 9.91. The molecule has 1 heterocycles. The molecule has 0 spiro atoms. The normalized spacial score (nSPS) is 10.1. The predicted molar refractivity (Wildman–Crippen MR) is 76.3 cm³/mol. The van der Waals surface area contributed by atoms with Crippen LogP contribution in [0.4, 0.5) is 0 Å². The van der Waals surface area contributed by atoms with Crippen LogP contribution in [-0.4, -0.2) is 10.8 Å². The van der Waals surface area contributed by atoms with Crippen molar-refractivity contribution in [1.82, 2.24) is 4.98 Å². The van der Waals surface area contributed by atoms with Crippen molar-refractivity contribution in [3.05, 3.63) is 65.4 Å². The molecular formula is C15H12BrNO. The largest absolute Gasteiger partial charge is 0.295 e. The van der Waals surface area contributed by atoms with Crippen LogP contribution in [-0.2, 0) is 11.2 Å². The molecule has 0 fully saturated rings. The van der Waals surface area contributed by atoms with Gasteiger partial charge in [-0.25, -0.2) is 0 Å². The fraction of sp³-hybridized carbons (Fsp3) is 0.0667. The van der Waals surface area contributed by atoms with Crippen LogP contribution in [0.5, 0.6) is 0 Å². The molecule has 2 nitrogen and oxygen atoms in total. The highest BCUT2D eigenvalue weighted by molar-refractivity contribution is 9.10. The number of allylic oxidation sites excluding steroid dienone is 1. The van der Waals surface area contributed by atoms with Crippen LogP contribution < -0.4 is 0 Å². The van der Waals surface area contributed by atoms with Gasteiger partial charge in [-0.1, -0.05) is 34.6 Å². The van der Waals surface area contributed by atoms with E-state index in [4.69, 9.17) is 0 Å². The number of halogens is 1. The molecule has 0 bridgehead atoms. The molecule has 2 aromatic rings. The molecule has 0 amide bonds. The van der Waals surface area contributed by atoms with Crippen LogP contribution in [0.25, 0.3) is 11.1 Å². The number of ketones is 1. The summed E-state index contributed by atoms with van der Waals surface area (Å²) in [6.45, 7) is 3.50. The Balaban J connectivity index is 2.44. The molecule has 3 heteroatoms. The molecule has 18 heavy (non-hydrogen) atoms. The van der Waals surface area contributed by atoms with Crippen molar-refractivity contribution in [3.8, 4) is 11.1 Å². The second-order valence-electron chi connectivity index (χ2n) is 3.89. The van der Waals surface area contributed by atoms with Gasteiger partial charge in [-0.05, 0) is 41.0 Å². The quantitative estimate of drug-likeness (QED) is 0.804. The summed E-state index contributed by atoms with van der Waals surface area (Å²) >= 11 is 3.45. The highest BCUT2D eigenvalue weighted by Crippen LogP contribution is 2.26. The lowest BCUT2D eigenvalue weighted by molar-refractivity contribution is -0.114. The summed E-state index contributed by atoms with van der Waals surface area (Å²) in [7, 11) is 0. The van der Waals surface area contributed by atoms with Gasteiger partial charge in [-0.3, -0.25) is 9.78 Å². The minimum atomic E-state index is -0.000697. The molecule has 0 aliphatic heterocycles. The monoisotopic (exact) mass is 301 g/mol. The van der Waals surface area contributed by atoms with Crippen LogP contribution in [0.1, 0.15) is 5.56 Å². The number of rotatable bonds is 4. The Morgan fingerprint density at radius 3 is 2.94 bits per heavy atom. The molecule has 2 rings (SSSR count). The molecule has 0 radical (unpaired) electrons. The number of nitrogens with zero attached hydrogens (tertiary/aromatic N) is 1. The van der Waals surface area contributed by atoms with Crippen molar-refractivity contribution in [1.29, 1.82) is 0 Å². The maximum Gasteiger partial charge on any atom is 0.159 e. The average Bonchev–Trinajstić information content (AvgIpc) is 2.39. The van der Waals surface area contributed by atoms with E-state index in [1.54, 1.807) is 12.4 Å².